The molecule has 6 heteroatoms. The molecule has 2 aromatic carbocycles. The molecule has 1 aromatic heterocycles. The van der Waals surface area contributed by atoms with Gasteiger partial charge >= 0.3 is 0 Å². The quantitative estimate of drug-likeness (QED) is 0.719. The van der Waals surface area contributed by atoms with Crippen LogP contribution in [-0.4, -0.2) is 20.1 Å². The molecule has 0 amide bonds. The Kier molecular flexibility index (Phi) is 4.77. The van der Waals surface area contributed by atoms with Crippen molar-refractivity contribution in [3.8, 4) is 0 Å². The number of thiophene rings is 1. The molecule has 3 aromatic rings. The van der Waals surface area contributed by atoms with Crippen molar-refractivity contribution in [1.82, 2.24) is 4.72 Å². The first-order chi connectivity index (χ1) is 11.1. The van der Waals surface area contributed by atoms with Crippen molar-refractivity contribution < 1.29 is 13.5 Å². The second kappa shape index (κ2) is 6.80. The van der Waals surface area contributed by atoms with E-state index in [1.807, 2.05) is 42.5 Å². The highest BCUT2D eigenvalue weighted by Gasteiger charge is 2.16. The van der Waals surface area contributed by atoms with Crippen LogP contribution in [-0.2, 0) is 10.0 Å². The highest BCUT2D eigenvalue weighted by Crippen LogP contribution is 2.26. The van der Waals surface area contributed by atoms with Gasteiger partial charge in [0, 0.05) is 6.54 Å². The third-order valence-corrected chi connectivity index (χ3v) is 6.51. The molecule has 2 N–H and O–H groups in total. The van der Waals surface area contributed by atoms with Crippen LogP contribution in [0, 0.1) is 0 Å². The van der Waals surface area contributed by atoms with E-state index < -0.39 is 16.1 Å². The molecule has 0 unspecified atom stereocenters. The van der Waals surface area contributed by atoms with Crippen molar-refractivity contribution in [1.29, 1.82) is 0 Å². The first-order valence-electron chi connectivity index (χ1n) is 7.27. The van der Waals surface area contributed by atoms with Gasteiger partial charge in [0.2, 0.25) is 10.0 Å². The van der Waals surface area contributed by atoms with Crippen molar-refractivity contribution in [3.05, 3.63) is 65.5 Å². The molecule has 4 nitrogen and oxygen atoms in total. The Hall–Kier alpha value is -1.73. The van der Waals surface area contributed by atoms with Gasteiger partial charge in [0.15, 0.2) is 0 Å². The molecular formula is C17H17NO3S2. The Balaban J connectivity index is 1.69. The van der Waals surface area contributed by atoms with Crippen molar-refractivity contribution in [2.24, 2.45) is 0 Å². The van der Waals surface area contributed by atoms with Crippen LogP contribution in [0.5, 0.6) is 0 Å². The summed E-state index contributed by atoms with van der Waals surface area (Å²) < 4.78 is 26.9. The van der Waals surface area contributed by atoms with Crippen LogP contribution in [0.4, 0.5) is 0 Å². The topological polar surface area (TPSA) is 66.4 Å². The van der Waals surface area contributed by atoms with Crippen LogP contribution in [0.25, 0.3) is 10.8 Å². The number of rotatable bonds is 6. The van der Waals surface area contributed by atoms with Crippen LogP contribution in [0.15, 0.2) is 64.2 Å². The zero-order valence-electron chi connectivity index (χ0n) is 12.3. The van der Waals surface area contributed by atoms with E-state index in [0.29, 0.717) is 6.42 Å². The fourth-order valence-corrected chi connectivity index (χ4v) is 4.60. The van der Waals surface area contributed by atoms with Gasteiger partial charge in [-0.05, 0) is 34.2 Å². The largest absolute Gasteiger partial charge is 0.388 e. The van der Waals surface area contributed by atoms with Gasteiger partial charge in [0.25, 0.3) is 0 Å². The summed E-state index contributed by atoms with van der Waals surface area (Å²) in [4.78, 5) is 0. The van der Waals surface area contributed by atoms with E-state index in [1.165, 1.54) is 11.3 Å². The first kappa shape index (κ1) is 16.1. The van der Waals surface area contributed by atoms with Crippen LogP contribution in [0.2, 0.25) is 0 Å². The third kappa shape index (κ3) is 3.61. The van der Waals surface area contributed by atoms with Gasteiger partial charge in [-0.2, -0.15) is 0 Å². The molecule has 0 aliphatic heterocycles. The molecular weight excluding hydrogens is 330 g/mol. The number of hydrogen-bond acceptors (Lipinski definition) is 4. The van der Waals surface area contributed by atoms with Crippen molar-refractivity contribution >= 4 is 32.1 Å². The van der Waals surface area contributed by atoms with Crippen LogP contribution in [0.3, 0.4) is 0 Å². The van der Waals surface area contributed by atoms with E-state index >= 15 is 0 Å². The van der Waals surface area contributed by atoms with E-state index in [9.17, 15) is 13.5 Å². The van der Waals surface area contributed by atoms with E-state index in [1.54, 1.807) is 17.5 Å². The summed E-state index contributed by atoms with van der Waals surface area (Å²) in [5, 5.41) is 14.2. The predicted octanol–water partition coefficient (Wildman–Crippen LogP) is 3.30. The highest BCUT2D eigenvalue weighted by molar-refractivity contribution is 7.91. The molecule has 0 aliphatic rings. The summed E-state index contributed by atoms with van der Waals surface area (Å²) in [5.74, 6) is 0. The van der Waals surface area contributed by atoms with Crippen molar-refractivity contribution in [2.45, 2.75) is 16.7 Å². The molecule has 1 atom stereocenters. The van der Waals surface area contributed by atoms with Gasteiger partial charge < -0.3 is 5.11 Å². The summed E-state index contributed by atoms with van der Waals surface area (Å²) >= 11 is 1.17. The molecule has 0 aliphatic carbocycles. The minimum Gasteiger partial charge on any atom is -0.388 e. The maximum Gasteiger partial charge on any atom is 0.250 e. The Morgan fingerprint density at radius 3 is 2.61 bits per heavy atom. The standard InChI is InChI=1S/C17H17NO3S2/c19-16(10-11-18-23(20,21)17-9-4-12-22-17)15-8-3-6-13-5-1-2-7-14(13)15/h1-9,12,16,18-19H,10-11H2/t16-/m0/s1. The monoisotopic (exact) mass is 347 g/mol. The number of aliphatic hydroxyl groups excluding tert-OH is 1. The normalized spacial score (nSPS) is 13.3. The second-order valence-corrected chi connectivity index (χ2v) is 8.14. The molecule has 0 saturated carbocycles. The third-order valence-electron chi connectivity index (χ3n) is 3.65. The molecule has 0 fully saturated rings. The molecule has 120 valence electrons. The lowest BCUT2D eigenvalue weighted by Gasteiger charge is -2.14. The fraction of sp³-hybridized carbons (Fsp3) is 0.176. The average molecular weight is 347 g/mol. The lowest BCUT2D eigenvalue weighted by Crippen LogP contribution is -2.25. The highest BCUT2D eigenvalue weighted by atomic mass is 32.2. The molecule has 0 bridgehead atoms. The maximum atomic E-state index is 12.0. The number of nitrogens with one attached hydrogen (secondary N) is 1. The zero-order chi connectivity index (χ0) is 16.3. The van der Waals surface area contributed by atoms with Gasteiger partial charge in [-0.3, -0.25) is 0 Å². The molecule has 0 radical (unpaired) electrons. The van der Waals surface area contributed by atoms with Crippen molar-refractivity contribution in [2.75, 3.05) is 6.54 Å². The van der Waals surface area contributed by atoms with Crippen LogP contribution < -0.4 is 4.72 Å². The summed E-state index contributed by atoms with van der Waals surface area (Å²) in [5.41, 5.74) is 0.818. The number of hydrogen-bond donors (Lipinski definition) is 2. The Labute approximate surface area is 139 Å². The first-order valence-corrected chi connectivity index (χ1v) is 9.63. The second-order valence-electron chi connectivity index (χ2n) is 5.20. The summed E-state index contributed by atoms with van der Waals surface area (Å²) in [6, 6.07) is 16.9. The molecule has 3 rings (SSSR count). The van der Waals surface area contributed by atoms with E-state index in [4.69, 9.17) is 0 Å². The van der Waals surface area contributed by atoms with Gasteiger partial charge in [-0.15, -0.1) is 11.3 Å². The van der Waals surface area contributed by atoms with Crippen LogP contribution in [0.1, 0.15) is 18.1 Å². The summed E-state index contributed by atoms with van der Waals surface area (Å²) in [7, 11) is -3.48. The Morgan fingerprint density at radius 1 is 1.04 bits per heavy atom. The van der Waals surface area contributed by atoms with Gasteiger partial charge in [0.05, 0.1) is 6.10 Å². The van der Waals surface area contributed by atoms with Gasteiger partial charge in [-0.25, -0.2) is 13.1 Å². The predicted molar refractivity (Wildman–Crippen MR) is 93.0 cm³/mol. The number of fused-ring (bicyclic) bond motifs is 1. The van der Waals surface area contributed by atoms with E-state index in [-0.39, 0.29) is 10.8 Å². The van der Waals surface area contributed by atoms with Crippen LogP contribution >= 0.6 is 11.3 Å². The molecule has 0 spiro atoms. The SMILES string of the molecule is O=S(=O)(NCC[C@H](O)c1cccc2ccccc12)c1cccs1. The number of aliphatic hydroxyl groups is 1. The molecule has 1 heterocycles. The molecule has 0 saturated heterocycles. The number of benzene rings is 2. The number of sulfonamides is 1. The zero-order valence-corrected chi connectivity index (χ0v) is 14.0. The van der Waals surface area contributed by atoms with Gasteiger partial charge in [-0.1, -0.05) is 48.5 Å². The fourth-order valence-electron chi connectivity index (χ4n) is 2.51. The summed E-state index contributed by atoms with van der Waals surface area (Å²) in [6.45, 7) is 0.185. The lowest BCUT2D eigenvalue weighted by atomic mass is 9.99. The van der Waals surface area contributed by atoms with E-state index in [0.717, 1.165) is 16.3 Å². The smallest absolute Gasteiger partial charge is 0.250 e. The van der Waals surface area contributed by atoms with Gasteiger partial charge in [0.1, 0.15) is 4.21 Å². The summed E-state index contributed by atoms with van der Waals surface area (Å²) in [6.07, 6.45) is -0.398. The minimum absolute atomic E-state index is 0.185. The molecule has 23 heavy (non-hydrogen) atoms. The average Bonchev–Trinajstić information content (AvgIpc) is 3.09. The lowest BCUT2D eigenvalue weighted by molar-refractivity contribution is 0.170. The Morgan fingerprint density at radius 2 is 1.83 bits per heavy atom. The maximum absolute atomic E-state index is 12.0. The Bertz CT molecular complexity index is 884. The van der Waals surface area contributed by atoms with E-state index in [2.05, 4.69) is 4.72 Å². The van der Waals surface area contributed by atoms with Crippen molar-refractivity contribution in [3.63, 3.8) is 0 Å². The minimum atomic E-state index is -3.48.